The lowest BCUT2D eigenvalue weighted by Gasteiger charge is -2.24. The smallest absolute Gasteiger partial charge is 0.309 e. The molecular formula is C14H20N2O2. The fraction of sp³-hybridized carbons (Fsp3) is 0.500. The average Bonchev–Trinajstić information content (AvgIpc) is 2.65. The van der Waals surface area contributed by atoms with Gasteiger partial charge >= 0.3 is 5.97 Å². The fourth-order valence-electron chi connectivity index (χ4n) is 2.25. The van der Waals surface area contributed by atoms with E-state index in [-0.39, 0.29) is 5.92 Å². The van der Waals surface area contributed by atoms with Crippen molar-refractivity contribution in [2.75, 3.05) is 31.1 Å². The summed E-state index contributed by atoms with van der Waals surface area (Å²) in [6.45, 7) is 4.95. The van der Waals surface area contributed by atoms with Crippen LogP contribution >= 0.6 is 0 Å². The molecule has 4 heteroatoms. The van der Waals surface area contributed by atoms with Gasteiger partial charge in [-0.05, 0) is 24.1 Å². The molecule has 2 rings (SSSR count). The lowest BCUT2D eigenvalue weighted by Crippen LogP contribution is -2.33. The molecule has 1 saturated heterocycles. The van der Waals surface area contributed by atoms with E-state index >= 15 is 0 Å². The second-order valence-electron chi connectivity index (χ2n) is 4.71. The quantitative estimate of drug-likeness (QED) is 0.848. The van der Waals surface area contributed by atoms with E-state index in [0.29, 0.717) is 13.1 Å². The van der Waals surface area contributed by atoms with Crippen LogP contribution in [0.1, 0.15) is 12.5 Å². The highest BCUT2D eigenvalue weighted by Crippen LogP contribution is 2.18. The van der Waals surface area contributed by atoms with E-state index in [1.54, 1.807) is 0 Å². The molecule has 4 nitrogen and oxygen atoms in total. The number of nitrogens with zero attached hydrogens (tertiary/aromatic N) is 1. The zero-order valence-electron chi connectivity index (χ0n) is 10.7. The molecule has 98 valence electrons. The van der Waals surface area contributed by atoms with Crippen molar-refractivity contribution in [1.29, 1.82) is 0 Å². The SMILES string of the molecule is CCc1ccc(N2CCNCC(C(=O)O)C2)cc1. The van der Waals surface area contributed by atoms with Crippen molar-refractivity contribution >= 4 is 11.7 Å². The van der Waals surface area contributed by atoms with Crippen molar-refractivity contribution in [2.45, 2.75) is 13.3 Å². The van der Waals surface area contributed by atoms with Crippen molar-refractivity contribution in [3.05, 3.63) is 29.8 Å². The van der Waals surface area contributed by atoms with Gasteiger partial charge in [0, 0.05) is 31.9 Å². The zero-order chi connectivity index (χ0) is 13.0. The maximum absolute atomic E-state index is 11.1. The lowest BCUT2D eigenvalue weighted by atomic mass is 10.1. The molecule has 2 N–H and O–H groups in total. The minimum Gasteiger partial charge on any atom is -0.481 e. The molecule has 1 aromatic rings. The van der Waals surface area contributed by atoms with Crippen LogP contribution in [0.3, 0.4) is 0 Å². The topological polar surface area (TPSA) is 52.6 Å². The maximum Gasteiger partial charge on any atom is 0.309 e. The summed E-state index contributed by atoms with van der Waals surface area (Å²) in [7, 11) is 0. The van der Waals surface area contributed by atoms with Gasteiger partial charge in [0.1, 0.15) is 0 Å². The Morgan fingerprint density at radius 1 is 1.44 bits per heavy atom. The van der Waals surface area contributed by atoms with Gasteiger partial charge < -0.3 is 15.3 Å². The van der Waals surface area contributed by atoms with E-state index in [4.69, 9.17) is 5.11 Å². The highest BCUT2D eigenvalue weighted by Gasteiger charge is 2.23. The van der Waals surface area contributed by atoms with Gasteiger partial charge in [0.05, 0.1) is 5.92 Å². The Kier molecular flexibility index (Phi) is 4.20. The Labute approximate surface area is 108 Å². The number of hydrogen-bond acceptors (Lipinski definition) is 3. The zero-order valence-corrected chi connectivity index (χ0v) is 10.7. The molecule has 1 aliphatic heterocycles. The molecule has 0 aromatic heterocycles. The molecule has 0 bridgehead atoms. The van der Waals surface area contributed by atoms with Crippen LogP contribution in [0.5, 0.6) is 0 Å². The number of hydrogen-bond donors (Lipinski definition) is 2. The van der Waals surface area contributed by atoms with E-state index in [1.165, 1.54) is 5.56 Å². The minimum absolute atomic E-state index is 0.335. The molecule has 0 aliphatic carbocycles. The lowest BCUT2D eigenvalue weighted by molar-refractivity contribution is -0.141. The summed E-state index contributed by atoms with van der Waals surface area (Å²) in [5.41, 5.74) is 2.42. The molecule has 1 aromatic carbocycles. The van der Waals surface area contributed by atoms with Gasteiger partial charge in [-0.3, -0.25) is 4.79 Å². The van der Waals surface area contributed by atoms with Crippen LogP contribution in [0.4, 0.5) is 5.69 Å². The Hall–Kier alpha value is -1.55. The molecule has 1 aliphatic rings. The molecular weight excluding hydrogens is 228 g/mol. The molecule has 0 radical (unpaired) electrons. The van der Waals surface area contributed by atoms with Gasteiger partial charge in [-0.15, -0.1) is 0 Å². The Balaban J connectivity index is 2.11. The predicted molar refractivity (Wildman–Crippen MR) is 72.0 cm³/mol. The van der Waals surface area contributed by atoms with Crippen molar-refractivity contribution in [1.82, 2.24) is 5.32 Å². The molecule has 0 saturated carbocycles. The number of carboxylic acids is 1. The number of aryl methyl sites for hydroxylation is 1. The summed E-state index contributed by atoms with van der Waals surface area (Å²) >= 11 is 0. The second-order valence-corrected chi connectivity index (χ2v) is 4.71. The maximum atomic E-state index is 11.1. The van der Waals surface area contributed by atoms with Crippen molar-refractivity contribution in [3.63, 3.8) is 0 Å². The summed E-state index contributed by atoms with van der Waals surface area (Å²) in [4.78, 5) is 13.3. The van der Waals surface area contributed by atoms with E-state index in [1.807, 2.05) is 0 Å². The Morgan fingerprint density at radius 2 is 2.17 bits per heavy atom. The number of anilines is 1. The highest BCUT2D eigenvalue weighted by molar-refractivity contribution is 5.71. The highest BCUT2D eigenvalue weighted by atomic mass is 16.4. The molecule has 1 unspecified atom stereocenters. The van der Waals surface area contributed by atoms with Gasteiger partial charge in [0.2, 0.25) is 0 Å². The summed E-state index contributed by atoms with van der Waals surface area (Å²) < 4.78 is 0. The first kappa shape index (κ1) is 12.9. The van der Waals surface area contributed by atoms with E-state index in [0.717, 1.165) is 25.2 Å². The number of carbonyl (C=O) groups is 1. The summed E-state index contributed by atoms with van der Waals surface area (Å²) in [5.74, 6) is -1.06. The predicted octanol–water partition coefficient (Wildman–Crippen LogP) is 1.36. The van der Waals surface area contributed by atoms with E-state index in [9.17, 15) is 4.79 Å². The average molecular weight is 248 g/mol. The number of benzene rings is 1. The van der Waals surface area contributed by atoms with Crippen LogP contribution in [0, 0.1) is 5.92 Å². The molecule has 1 atom stereocenters. The molecule has 1 fully saturated rings. The van der Waals surface area contributed by atoms with Gasteiger partial charge in [0.15, 0.2) is 0 Å². The fourth-order valence-corrected chi connectivity index (χ4v) is 2.25. The molecule has 0 spiro atoms. The molecule has 0 amide bonds. The minimum atomic E-state index is -0.723. The van der Waals surface area contributed by atoms with E-state index in [2.05, 4.69) is 41.4 Å². The summed E-state index contributed by atoms with van der Waals surface area (Å²) in [6.07, 6.45) is 1.03. The van der Waals surface area contributed by atoms with E-state index < -0.39 is 5.97 Å². The van der Waals surface area contributed by atoms with Crippen molar-refractivity contribution in [2.24, 2.45) is 5.92 Å². The monoisotopic (exact) mass is 248 g/mol. The third-order valence-electron chi connectivity index (χ3n) is 3.45. The summed E-state index contributed by atoms with van der Waals surface area (Å²) in [6, 6.07) is 8.40. The largest absolute Gasteiger partial charge is 0.481 e. The van der Waals surface area contributed by atoms with Crippen molar-refractivity contribution in [3.8, 4) is 0 Å². The Bertz CT molecular complexity index is 403. The number of carboxylic acid groups (broad SMARTS) is 1. The van der Waals surface area contributed by atoms with Crippen LogP contribution in [0.15, 0.2) is 24.3 Å². The first-order chi connectivity index (χ1) is 8.70. The van der Waals surface area contributed by atoms with Crippen LogP contribution < -0.4 is 10.2 Å². The standard InChI is InChI=1S/C14H20N2O2/c1-2-11-3-5-13(6-4-11)16-8-7-15-9-12(10-16)14(17)18/h3-6,12,15H,2,7-10H2,1H3,(H,17,18). The molecule has 1 heterocycles. The van der Waals surface area contributed by atoms with Gasteiger partial charge in [0.25, 0.3) is 0 Å². The molecule has 18 heavy (non-hydrogen) atoms. The van der Waals surface area contributed by atoms with Crippen LogP contribution in [0.25, 0.3) is 0 Å². The first-order valence-electron chi connectivity index (χ1n) is 6.48. The third-order valence-corrected chi connectivity index (χ3v) is 3.45. The summed E-state index contributed by atoms with van der Waals surface area (Å²) in [5, 5.41) is 12.3. The van der Waals surface area contributed by atoms with Gasteiger partial charge in [-0.2, -0.15) is 0 Å². The van der Waals surface area contributed by atoms with Crippen LogP contribution in [0.2, 0.25) is 0 Å². The number of nitrogens with one attached hydrogen (secondary N) is 1. The second kappa shape index (κ2) is 5.87. The number of aliphatic carboxylic acids is 1. The number of rotatable bonds is 3. The third kappa shape index (κ3) is 3.01. The Morgan fingerprint density at radius 3 is 2.78 bits per heavy atom. The normalized spacial score (nSPS) is 20.5. The first-order valence-corrected chi connectivity index (χ1v) is 6.48. The van der Waals surface area contributed by atoms with Crippen molar-refractivity contribution < 1.29 is 9.90 Å². The van der Waals surface area contributed by atoms with Crippen LogP contribution in [-0.4, -0.2) is 37.3 Å². The van der Waals surface area contributed by atoms with Crippen LogP contribution in [-0.2, 0) is 11.2 Å². The van der Waals surface area contributed by atoms with Gasteiger partial charge in [-0.25, -0.2) is 0 Å². The van der Waals surface area contributed by atoms with Gasteiger partial charge in [-0.1, -0.05) is 19.1 Å².